The average Bonchev–Trinajstić information content (AvgIpc) is 2.34. The van der Waals surface area contributed by atoms with Crippen LogP contribution in [0.25, 0.3) is 0 Å². The van der Waals surface area contributed by atoms with Gasteiger partial charge in [0.1, 0.15) is 11.6 Å². The number of carbonyl (C=O) groups is 1. The van der Waals surface area contributed by atoms with Gasteiger partial charge in [-0.25, -0.2) is 4.39 Å². The van der Waals surface area contributed by atoms with Gasteiger partial charge in [0, 0.05) is 6.54 Å². The zero-order chi connectivity index (χ0) is 12.7. The maximum absolute atomic E-state index is 13.0. The van der Waals surface area contributed by atoms with E-state index >= 15 is 0 Å². The second-order valence-electron chi connectivity index (χ2n) is 3.60. The van der Waals surface area contributed by atoms with Crippen LogP contribution in [0.3, 0.4) is 0 Å². The van der Waals surface area contributed by atoms with Gasteiger partial charge in [0.15, 0.2) is 0 Å². The summed E-state index contributed by atoms with van der Waals surface area (Å²) in [5.41, 5.74) is 5.55. The number of rotatable bonds is 6. The Balaban J connectivity index is 2.64. The van der Waals surface area contributed by atoms with Crippen LogP contribution in [0.5, 0.6) is 5.75 Å². The summed E-state index contributed by atoms with van der Waals surface area (Å²) in [7, 11) is 1.44. The fourth-order valence-electron chi connectivity index (χ4n) is 1.42. The van der Waals surface area contributed by atoms with Crippen LogP contribution in [0, 0.1) is 5.82 Å². The van der Waals surface area contributed by atoms with Gasteiger partial charge < -0.3 is 15.8 Å². The smallest absolute Gasteiger partial charge is 0.255 e. The van der Waals surface area contributed by atoms with Gasteiger partial charge in [-0.3, -0.25) is 4.79 Å². The van der Waals surface area contributed by atoms with Crippen molar-refractivity contribution >= 4 is 5.91 Å². The second kappa shape index (κ2) is 6.85. The molecule has 0 atom stereocenters. The van der Waals surface area contributed by atoms with Crippen LogP contribution in [-0.2, 0) is 0 Å². The SMILES string of the molecule is COc1ccc(F)cc1C(=O)NCCCCN. The normalized spacial score (nSPS) is 10.1. The minimum Gasteiger partial charge on any atom is -0.496 e. The number of benzene rings is 1. The Bertz CT molecular complexity index is 383. The summed E-state index contributed by atoms with van der Waals surface area (Å²) in [6.45, 7) is 1.12. The first-order valence-corrected chi connectivity index (χ1v) is 5.51. The lowest BCUT2D eigenvalue weighted by Crippen LogP contribution is -2.25. The fraction of sp³-hybridized carbons (Fsp3) is 0.417. The van der Waals surface area contributed by atoms with E-state index in [1.165, 1.54) is 19.2 Å². The van der Waals surface area contributed by atoms with Crippen molar-refractivity contribution < 1.29 is 13.9 Å². The number of ether oxygens (including phenoxy) is 1. The van der Waals surface area contributed by atoms with Crippen LogP contribution >= 0.6 is 0 Å². The first kappa shape index (κ1) is 13.4. The minimum absolute atomic E-state index is 0.209. The molecule has 0 aliphatic rings. The molecule has 5 heteroatoms. The summed E-state index contributed by atoms with van der Waals surface area (Å²) >= 11 is 0. The zero-order valence-electron chi connectivity index (χ0n) is 9.83. The number of nitrogens with two attached hydrogens (primary N) is 1. The first-order valence-electron chi connectivity index (χ1n) is 5.51. The zero-order valence-corrected chi connectivity index (χ0v) is 9.83. The van der Waals surface area contributed by atoms with E-state index in [0.29, 0.717) is 18.8 Å². The highest BCUT2D eigenvalue weighted by Gasteiger charge is 2.12. The predicted octanol–water partition coefficient (Wildman–Crippen LogP) is 1.30. The molecule has 94 valence electrons. The molecule has 0 aliphatic carbocycles. The van der Waals surface area contributed by atoms with Gasteiger partial charge in [0.05, 0.1) is 12.7 Å². The lowest BCUT2D eigenvalue weighted by molar-refractivity contribution is 0.0949. The number of amides is 1. The van der Waals surface area contributed by atoms with E-state index in [1.807, 2.05) is 0 Å². The number of carbonyl (C=O) groups excluding carboxylic acids is 1. The van der Waals surface area contributed by atoms with E-state index < -0.39 is 5.82 Å². The lowest BCUT2D eigenvalue weighted by atomic mass is 10.1. The summed E-state index contributed by atoms with van der Waals surface area (Å²) in [6.07, 6.45) is 1.65. The molecule has 0 radical (unpaired) electrons. The first-order chi connectivity index (χ1) is 8.19. The fourth-order valence-corrected chi connectivity index (χ4v) is 1.42. The molecule has 0 fully saturated rings. The highest BCUT2D eigenvalue weighted by atomic mass is 19.1. The Morgan fingerprint density at radius 1 is 1.47 bits per heavy atom. The monoisotopic (exact) mass is 240 g/mol. The molecule has 0 aliphatic heterocycles. The molecule has 0 heterocycles. The molecule has 0 aromatic heterocycles. The van der Waals surface area contributed by atoms with Crippen LogP contribution < -0.4 is 15.8 Å². The molecule has 4 nitrogen and oxygen atoms in total. The van der Waals surface area contributed by atoms with Crippen molar-refractivity contribution in [2.75, 3.05) is 20.2 Å². The van der Waals surface area contributed by atoms with Crippen molar-refractivity contribution in [2.24, 2.45) is 5.73 Å². The third-order valence-corrected chi connectivity index (χ3v) is 2.32. The van der Waals surface area contributed by atoms with E-state index in [9.17, 15) is 9.18 Å². The molecular weight excluding hydrogens is 223 g/mol. The lowest BCUT2D eigenvalue weighted by Gasteiger charge is -2.09. The van der Waals surface area contributed by atoms with Crippen LogP contribution in [0.2, 0.25) is 0 Å². The van der Waals surface area contributed by atoms with Gasteiger partial charge in [-0.2, -0.15) is 0 Å². The molecule has 0 spiro atoms. The van der Waals surface area contributed by atoms with E-state index in [0.717, 1.165) is 18.9 Å². The van der Waals surface area contributed by atoms with Gasteiger partial charge >= 0.3 is 0 Å². The molecule has 1 aromatic rings. The summed E-state index contributed by atoms with van der Waals surface area (Å²) in [4.78, 5) is 11.8. The Hall–Kier alpha value is -1.62. The number of nitrogens with one attached hydrogen (secondary N) is 1. The summed E-state index contributed by atoms with van der Waals surface area (Å²) in [5, 5.41) is 2.69. The maximum atomic E-state index is 13.0. The minimum atomic E-state index is -0.460. The van der Waals surface area contributed by atoms with Gasteiger partial charge in [-0.05, 0) is 37.6 Å². The Kier molecular flexibility index (Phi) is 5.42. The molecule has 3 N–H and O–H groups in total. The number of methoxy groups -OCH3 is 1. The van der Waals surface area contributed by atoms with E-state index in [4.69, 9.17) is 10.5 Å². The molecule has 1 amide bonds. The Morgan fingerprint density at radius 3 is 2.88 bits per heavy atom. The quantitative estimate of drug-likeness (QED) is 0.737. The van der Waals surface area contributed by atoms with E-state index in [2.05, 4.69) is 5.32 Å². The number of hydrogen-bond acceptors (Lipinski definition) is 3. The molecule has 1 rings (SSSR count). The van der Waals surface area contributed by atoms with Gasteiger partial charge in [-0.1, -0.05) is 0 Å². The number of halogens is 1. The molecule has 0 bridgehead atoms. The molecular formula is C12H17FN2O2. The summed E-state index contributed by atoms with van der Waals surface area (Å²) in [5.74, 6) is -0.431. The van der Waals surface area contributed by atoms with E-state index in [1.54, 1.807) is 0 Å². The topological polar surface area (TPSA) is 64.3 Å². The summed E-state index contributed by atoms with van der Waals surface area (Å²) in [6, 6.07) is 3.85. The standard InChI is InChI=1S/C12H17FN2O2/c1-17-11-5-4-9(13)8-10(11)12(16)15-7-3-2-6-14/h4-5,8H,2-3,6-7,14H2,1H3,(H,15,16). The van der Waals surface area contributed by atoms with Gasteiger partial charge in [0.2, 0.25) is 0 Å². The maximum Gasteiger partial charge on any atom is 0.255 e. The Labute approximate surface area is 100.0 Å². The van der Waals surface area contributed by atoms with E-state index in [-0.39, 0.29) is 11.5 Å². The second-order valence-corrected chi connectivity index (χ2v) is 3.60. The van der Waals surface area contributed by atoms with Crippen molar-refractivity contribution in [2.45, 2.75) is 12.8 Å². The number of hydrogen-bond donors (Lipinski definition) is 2. The molecule has 17 heavy (non-hydrogen) atoms. The van der Waals surface area contributed by atoms with Gasteiger partial charge in [0.25, 0.3) is 5.91 Å². The highest BCUT2D eigenvalue weighted by Crippen LogP contribution is 2.18. The van der Waals surface area contributed by atoms with Gasteiger partial charge in [-0.15, -0.1) is 0 Å². The predicted molar refractivity (Wildman–Crippen MR) is 63.6 cm³/mol. The molecule has 0 unspecified atom stereocenters. The molecule has 1 aromatic carbocycles. The van der Waals surface area contributed by atoms with Crippen LogP contribution in [-0.4, -0.2) is 26.1 Å². The van der Waals surface area contributed by atoms with Crippen molar-refractivity contribution in [1.29, 1.82) is 0 Å². The van der Waals surface area contributed by atoms with Crippen LogP contribution in [0.1, 0.15) is 23.2 Å². The highest BCUT2D eigenvalue weighted by molar-refractivity contribution is 5.96. The third kappa shape index (κ3) is 4.03. The van der Waals surface area contributed by atoms with Crippen molar-refractivity contribution in [3.63, 3.8) is 0 Å². The largest absolute Gasteiger partial charge is 0.496 e. The summed E-state index contributed by atoms with van der Waals surface area (Å²) < 4.78 is 18.0. The van der Waals surface area contributed by atoms with Crippen molar-refractivity contribution in [1.82, 2.24) is 5.32 Å². The molecule has 0 saturated carbocycles. The molecule has 0 saturated heterocycles. The van der Waals surface area contributed by atoms with Crippen LogP contribution in [0.15, 0.2) is 18.2 Å². The third-order valence-electron chi connectivity index (χ3n) is 2.32. The number of unbranched alkanes of at least 4 members (excludes halogenated alkanes) is 1. The van der Waals surface area contributed by atoms with Crippen LogP contribution in [0.4, 0.5) is 4.39 Å². The van der Waals surface area contributed by atoms with Crippen molar-refractivity contribution in [3.05, 3.63) is 29.6 Å². The van der Waals surface area contributed by atoms with Crippen molar-refractivity contribution in [3.8, 4) is 5.75 Å². The Morgan fingerprint density at radius 2 is 2.24 bits per heavy atom. The average molecular weight is 240 g/mol.